The molecule has 0 radical (unpaired) electrons. The van der Waals surface area contributed by atoms with Gasteiger partial charge in [0.05, 0.1) is 13.2 Å². The number of nitrogens with one attached hydrogen (secondary N) is 1. The molecule has 5 heteroatoms. The van der Waals surface area contributed by atoms with Crippen molar-refractivity contribution in [3.8, 4) is 0 Å². The number of hydrogen-bond donors (Lipinski definition) is 1. The van der Waals surface area contributed by atoms with Gasteiger partial charge in [-0.3, -0.25) is 9.88 Å². The lowest BCUT2D eigenvalue weighted by atomic mass is 10.2. The van der Waals surface area contributed by atoms with E-state index in [1.165, 1.54) is 0 Å². The molecule has 0 heterocycles. The zero-order valence-electron chi connectivity index (χ0n) is 18.2. The highest BCUT2D eigenvalue weighted by Gasteiger charge is 2.35. The fourth-order valence-electron chi connectivity index (χ4n) is 3.30. The van der Waals surface area contributed by atoms with Crippen molar-refractivity contribution < 1.29 is 13.6 Å². The monoisotopic (exact) mass is 437 g/mol. The third-order valence-electron chi connectivity index (χ3n) is 5.11. The first-order valence-electron chi connectivity index (χ1n) is 10.9. The first kappa shape index (κ1) is 23.4. The van der Waals surface area contributed by atoms with E-state index < -0.39 is 7.60 Å². The fraction of sp³-hybridized carbons (Fsp3) is 0.308. The zero-order valence-corrected chi connectivity index (χ0v) is 19.0. The molecule has 3 rings (SSSR count). The van der Waals surface area contributed by atoms with Crippen LogP contribution in [0.2, 0.25) is 0 Å². The predicted molar refractivity (Wildman–Crippen MR) is 127 cm³/mol. The molecule has 0 spiro atoms. The van der Waals surface area contributed by atoms with Gasteiger partial charge < -0.3 is 9.05 Å². The topological polar surface area (TPSA) is 47.6 Å². The second kappa shape index (κ2) is 12.6. The van der Waals surface area contributed by atoms with E-state index >= 15 is 0 Å². The molecule has 0 aliphatic rings. The van der Waals surface area contributed by atoms with Crippen LogP contribution < -0.4 is 5.32 Å². The van der Waals surface area contributed by atoms with Crippen molar-refractivity contribution in [1.82, 2.24) is 5.32 Å². The minimum Gasteiger partial charge on any atom is -0.303 e. The van der Waals surface area contributed by atoms with Gasteiger partial charge in [-0.15, -0.1) is 0 Å². The van der Waals surface area contributed by atoms with Crippen molar-refractivity contribution >= 4 is 7.60 Å². The van der Waals surface area contributed by atoms with E-state index in [4.69, 9.17) is 9.05 Å². The van der Waals surface area contributed by atoms with Crippen LogP contribution in [-0.4, -0.2) is 5.78 Å². The molecule has 3 aromatic rings. The quantitative estimate of drug-likeness (QED) is 0.295. The first-order chi connectivity index (χ1) is 15.2. The Labute approximate surface area is 186 Å². The van der Waals surface area contributed by atoms with Gasteiger partial charge in [0.15, 0.2) is 0 Å². The lowest BCUT2D eigenvalue weighted by Gasteiger charge is -2.28. The van der Waals surface area contributed by atoms with Crippen LogP contribution >= 0.6 is 7.60 Å². The summed E-state index contributed by atoms with van der Waals surface area (Å²) in [6, 6.07) is 29.8. The second-order valence-corrected chi connectivity index (χ2v) is 9.80. The average molecular weight is 438 g/mol. The SMILES string of the molecule is CCCCC(NCc1ccccc1)P(=O)(OCc1ccccc1)OCc1ccccc1. The van der Waals surface area contributed by atoms with Crippen LogP contribution in [0.15, 0.2) is 91.0 Å². The molecule has 0 bridgehead atoms. The zero-order chi connectivity index (χ0) is 21.8. The maximum atomic E-state index is 14.1. The summed E-state index contributed by atoms with van der Waals surface area (Å²) in [6.45, 7) is 3.25. The minimum atomic E-state index is -3.44. The maximum absolute atomic E-state index is 14.1. The van der Waals surface area contributed by atoms with Crippen LogP contribution in [0.4, 0.5) is 0 Å². The van der Waals surface area contributed by atoms with E-state index in [0.29, 0.717) is 6.54 Å². The molecular weight excluding hydrogens is 405 g/mol. The van der Waals surface area contributed by atoms with Crippen LogP contribution in [0.1, 0.15) is 42.9 Å². The third kappa shape index (κ3) is 7.75. The summed E-state index contributed by atoms with van der Waals surface area (Å²) >= 11 is 0. The van der Waals surface area contributed by atoms with Gasteiger partial charge in [0.2, 0.25) is 0 Å². The van der Waals surface area contributed by atoms with Gasteiger partial charge in [-0.1, -0.05) is 111 Å². The Morgan fingerprint density at radius 1 is 0.742 bits per heavy atom. The first-order valence-corrected chi connectivity index (χ1v) is 12.5. The Balaban J connectivity index is 1.77. The molecule has 0 aromatic heterocycles. The maximum Gasteiger partial charge on any atom is 0.348 e. The van der Waals surface area contributed by atoms with Crippen LogP contribution in [-0.2, 0) is 33.4 Å². The van der Waals surface area contributed by atoms with Crippen molar-refractivity contribution in [2.45, 2.75) is 51.7 Å². The summed E-state index contributed by atoms with van der Waals surface area (Å²) in [5.74, 6) is -0.375. The molecule has 0 aliphatic carbocycles. The average Bonchev–Trinajstić information content (AvgIpc) is 2.83. The lowest BCUT2D eigenvalue weighted by molar-refractivity contribution is 0.177. The standard InChI is InChI=1S/C26H32NO3P/c1-2-3-19-26(27-20-23-13-7-4-8-14-23)31(28,29-21-24-15-9-5-10-16-24)30-22-25-17-11-6-12-18-25/h4-18,26-27H,2-3,19-22H2,1H3. The molecule has 1 unspecified atom stereocenters. The van der Waals surface area contributed by atoms with E-state index in [0.717, 1.165) is 36.0 Å². The molecule has 0 saturated carbocycles. The molecule has 164 valence electrons. The second-order valence-electron chi connectivity index (χ2n) is 7.58. The molecule has 3 aromatic carbocycles. The Morgan fingerprint density at radius 2 is 1.19 bits per heavy atom. The molecule has 0 saturated heterocycles. The normalized spacial score (nSPS) is 12.5. The van der Waals surface area contributed by atoms with Gasteiger partial charge in [0, 0.05) is 6.54 Å². The van der Waals surface area contributed by atoms with E-state index in [9.17, 15) is 4.57 Å². The predicted octanol–water partition coefficient (Wildman–Crippen LogP) is 6.92. The Kier molecular flexibility index (Phi) is 9.51. The van der Waals surface area contributed by atoms with Gasteiger partial charge in [-0.05, 0) is 23.1 Å². The van der Waals surface area contributed by atoms with Gasteiger partial charge >= 0.3 is 7.60 Å². The molecule has 31 heavy (non-hydrogen) atoms. The van der Waals surface area contributed by atoms with Crippen molar-refractivity contribution in [2.24, 2.45) is 0 Å². The Morgan fingerprint density at radius 3 is 1.65 bits per heavy atom. The fourth-order valence-corrected chi connectivity index (χ4v) is 5.20. The van der Waals surface area contributed by atoms with Gasteiger partial charge in [-0.2, -0.15) is 0 Å². The van der Waals surface area contributed by atoms with Gasteiger partial charge in [0.1, 0.15) is 5.78 Å². The smallest absolute Gasteiger partial charge is 0.303 e. The summed E-state index contributed by atoms with van der Waals surface area (Å²) in [6.07, 6.45) is 2.69. The van der Waals surface area contributed by atoms with Crippen LogP contribution in [0.5, 0.6) is 0 Å². The Hall–Kier alpha value is -2.23. The molecule has 1 N–H and O–H groups in total. The van der Waals surface area contributed by atoms with Crippen molar-refractivity contribution in [3.63, 3.8) is 0 Å². The highest BCUT2D eigenvalue weighted by molar-refractivity contribution is 7.54. The highest BCUT2D eigenvalue weighted by atomic mass is 31.2. The minimum absolute atomic E-state index is 0.253. The summed E-state index contributed by atoms with van der Waals surface area (Å²) in [4.78, 5) is 0. The molecule has 0 aliphatic heterocycles. The highest BCUT2D eigenvalue weighted by Crippen LogP contribution is 2.55. The molecular formula is C26H32NO3P. The van der Waals surface area contributed by atoms with Crippen molar-refractivity contribution in [3.05, 3.63) is 108 Å². The molecule has 0 fully saturated rings. The number of unbranched alkanes of at least 4 members (excludes halogenated alkanes) is 1. The van der Waals surface area contributed by atoms with Gasteiger partial charge in [-0.25, -0.2) is 0 Å². The van der Waals surface area contributed by atoms with E-state index in [1.807, 2.05) is 78.9 Å². The molecule has 0 amide bonds. The number of hydrogen-bond acceptors (Lipinski definition) is 4. The Bertz CT molecular complexity index is 872. The summed E-state index contributed by atoms with van der Waals surface area (Å²) in [7, 11) is -3.44. The summed E-state index contributed by atoms with van der Waals surface area (Å²) in [5, 5.41) is 3.47. The van der Waals surface area contributed by atoms with Gasteiger partial charge in [0.25, 0.3) is 0 Å². The van der Waals surface area contributed by atoms with E-state index in [2.05, 4.69) is 24.4 Å². The van der Waals surface area contributed by atoms with Crippen LogP contribution in [0.3, 0.4) is 0 Å². The molecule has 4 nitrogen and oxygen atoms in total. The summed E-state index contributed by atoms with van der Waals surface area (Å²) < 4.78 is 26.2. The lowest BCUT2D eigenvalue weighted by Crippen LogP contribution is -2.30. The number of benzene rings is 3. The van der Waals surface area contributed by atoms with E-state index in [-0.39, 0.29) is 19.0 Å². The van der Waals surface area contributed by atoms with Crippen molar-refractivity contribution in [2.75, 3.05) is 0 Å². The van der Waals surface area contributed by atoms with Crippen molar-refractivity contribution in [1.29, 1.82) is 0 Å². The molecule has 1 atom stereocenters. The largest absolute Gasteiger partial charge is 0.348 e. The van der Waals surface area contributed by atoms with E-state index in [1.54, 1.807) is 0 Å². The summed E-state index contributed by atoms with van der Waals surface area (Å²) in [5.41, 5.74) is 3.09. The number of rotatable bonds is 13. The van der Waals surface area contributed by atoms with Crippen LogP contribution in [0.25, 0.3) is 0 Å². The third-order valence-corrected chi connectivity index (χ3v) is 7.29. The van der Waals surface area contributed by atoms with Crippen LogP contribution in [0, 0.1) is 0 Å².